The van der Waals surface area contributed by atoms with E-state index in [0.29, 0.717) is 5.96 Å². The van der Waals surface area contributed by atoms with E-state index in [2.05, 4.69) is 29.4 Å². The summed E-state index contributed by atoms with van der Waals surface area (Å²) in [5.41, 5.74) is 7.01. The van der Waals surface area contributed by atoms with Crippen molar-refractivity contribution in [2.75, 3.05) is 20.2 Å². The number of halogens is 1. The molecule has 0 saturated heterocycles. The summed E-state index contributed by atoms with van der Waals surface area (Å²) in [5.74, 6) is 1.44. The standard InChI is InChI=1S/C14H23N3O.HI/c1-3-10-16-14(15)17-11-4-5-12-6-8-13(18-2)9-7-12;/h6-9H,3-5,10-11H2,1-2H3,(H3,15,16,17);1H. The van der Waals surface area contributed by atoms with Gasteiger partial charge in [0, 0.05) is 13.1 Å². The Morgan fingerprint density at radius 1 is 1.32 bits per heavy atom. The lowest BCUT2D eigenvalue weighted by Gasteiger charge is -2.06. The maximum Gasteiger partial charge on any atom is 0.188 e. The minimum atomic E-state index is 0. The predicted octanol–water partition coefficient (Wildman–Crippen LogP) is 2.56. The predicted molar refractivity (Wildman–Crippen MR) is 91.5 cm³/mol. The molecule has 0 aliphatic rings. The first-order chi connectivity index (χ1) is 8.76. The number of methoxy groups -OCH3 is 1. The van der Waals surface area contributed by atoms with Crippen LogP contribution in [0.5, 0.6) is 5.75 Å². The number of hydrogen-bond donors (Lipinski definition) is 2. The van der Waals surface area contributed by atoms with E-state index in [9.17, 15) is 0 Å². The van der Waals surface area contributed by atoms with Crippen molar-refractivity contribution in [3.63, 3.8) is 0 Å². The zero-order valence-electron chi connectivity index (χ0n) is 11.7. The first-order valence-electron chi connectivity index (χ1n) is 6.43. The zero-order valence-corrected chi connectivity index (χ0v) is 14.0. The van der Waals surface area contributed by atoms with E-state index >= 15 is 0 Å². The zero-order chi connectivity index (χ0) is 13.2. The quantitative estimate of drug-likeness (QED) is 0.332. The molecule has 108 valence electrons. The SMILES string of the molecule is CCCN=C(N)NCCCc1ccc(OC)cc1.I. The molecule has 0 spiro atoms. The number of hydrogen-bond acceptors (Lipinski definition) is 2. The number of rotatable bonds is 7. The second-order valence-electron chi connectivity index (χ2n) is 4.15. The highest BCUT2D eigenvalue weighted by molar-refractivity contribution is 14.0. The summed E-state index contributed by atoms with van der Waals surface area (Å²) < 4.78 is 5.12. The van der Waals surface area contributed by atoms with Crippen LogP contribution < -0.4 is 15.8 Å². The Bertz CT molecular complexity index is 365. The highest BCUT2D eigenvalue weighted by atomic mass is 127. The van der Waals surface area contributed by atoms with Crippen LogP contribution in [0.4, 0.5) is 0 Å². The third kappa shape index (κ3) is 7.92. The maximum absolute atomic E-state index is 5.70. The van der Waals surface area contributed by atoms with Gasteiger partial charge in [-0.2, -0.15) is 0 Å². The van der Waals surface area contributed by atoms with Crippen LogP contribution in [0.25, 0.3) is 0 Å². The molecule has 0 aliphatic carbocycles. The largest absolute Gasteiger partial charge is 0.497 e. The smallest absolute Gasteiger partial charge is 0.188 e. The van der Waals surface area contributed by atoms with Crippen LogP contribution >= 0.6 is 24.0 Å². The molecular weight excluding hydrogens is 353 g/mol. The molecular formula is C14H24IN3O. The van der Waals surface area contributed by atoms with Gasteiger partial charge >= 0.3 is 0 Å². The van der Waals surface area contributed by atoms with Gasteiger partial charge in [0.05, 0.1) is 7.11 Å². The van der Waals surface area contributed by atoms with Gasteiger partial charge in [0.1, 0.15) is 5.75 Å². The Morgan fingerprint density at radius 3 is 2.58 bits per heavy atom. The van der Waals surface area contributed by atoms with Crippen molar-refractivity contribution >= 4 is 29.9 Å². The Balaban J connectivity index is 0.00000324. The van der Waals surface area contributed by atoms with Gasteiger partial charge in [-0.15, -0.1) is 24.0 Å². The number of benzene rings is 1. The summed E-state index contributed by atoms with van der Waals surface area (Å²) in [4.78, 5) is 4.18. The summed E-state index contributed by atoms with van der Waals surface area (Å²) in [6.07, 6.45) is 3.08. The van der Waals surface area contributed by atoms with Gasteiger partial charge in [0.25, 0.3) is 0 Å². The first kappa shape index (κ1) is 18.0. The van der Waals surface area contributed by atoms with E-state index in [1.807, 2.05) is 12.1 Å². The molecule has 0 bridgehead atoms. The van der Waals surface area contributed by atoms with E-state index < -0.39 is 0 Å². The van der Waals surface area contributed by atoms with Crippen molar-refractivity contribution in [1.29, 1.82) is 0 Å². The van der Waals surface area contributed by atoms with Gasteiger partial charge in [-0.3, -0.25) is 4.99 Å². The van der Waals surface area contributed by atoms with E-state index in [1.54, 1.807) is 7.11 Å². The lowest BCUT2D eigenvalue weighted by Crippen LogP contribution is -2.32. The van der Waals surface area contributed by atoms with Gasteiger partial charge in [0.15, 0.2) is 5.96 Å². The molecule has 4 nitrogen and oxygen atoms in total. The van der Waals surface area contributed by atoms with Gasteiger partial charge < -0.3 is 15.8 Å². The molecule has 0 aromatic heterocycles. The Morgan fingerprint density at radius 2 is 2.00 bits per heavy atom. The molecule has 0 atom stereocenters. The van der Waals surface area contributed by atoms with Gasteiger partial charge in [-0.25, -0.2) is 0 Å². The number of aryl methyl sites for hydroxylation is 1. The van der Waals surface area contributed by atoms with Gasteiger partial charge in [-0.1, -0.05) is 19.1 Å². The summed E-state index contributed by atoms with van der Waals surface area (Å²) >= 11 is 0. The first-order valence-corrected chi connectivity index (χ1v) is 6.43. The van der Waals surface area contributed by atoms with Crippen molar-refractivity contribution in [2.24, 2.45) is 10.7 Å². The molecule has 1 rings (SSSR count). The Kier molecular flexibility index (Phi) is 10.3. The van der Waals surface area contributed by atoms with Crippen LogP contribution in [-0.2, 0) is 6.42 Å². The fraction of sp³-hybridized carbons (Fsp3) is 0.500. The molecule has 0 fully saturated rings. The van der Waals surface area contributed by atoms with Crippen molar-refractivity contribution < 1.29 is 4.74 Å². The number of nitrogens with one attached hydrogen (secondary N) is 1. The van der Waals surface area contributed by atoms with E-state index in [1.165, 1.54) is 5.56 Å². The molecule has 1 aromatic carbocycles. The average molecular weight is 377 g/mol. The lowest BCUT2D eigenvalue weighted by molar-refractivity contribution is 0.414. The molecule has 0 radical (unpaired) electrons. The second-order valence-corrected chi connectivity index (χ2v) is 4.15. The summed E-state index contributed by atoms with van der Waals surface area (Å²) in [5, 5.41) is 3.11. The number of guanidine groups is 1. The van der Waals surface area contributed by atoms with Crippen LogP contribution in [0.15, 0.2) is 29.3 Å². The number of nitrogens with two attached hydrogens (primary N) is 1. The lowest BCUT2D eigenvalue weighted by atomic mass is 10.1. The Labute approximate surface area is 132 Å². The highest BCUT2D eigenvalue weighted by Crippen LogP contribution is 2.12. The highest BCUT2D eigenvalue weighted by Gasteiger charge is 1.95. The number of aliphatic imine (C=N–C) groups is 1. The van der Waals surface area contributed by atoms with Gasteiger partial charge in [0.2, 0.25) is 0 Å². The third-order valence-corrected chi connectivity index (χ3v) is 2.61. The third-order valence-electron chi connectivity index (χ3n) is 2.61. The molecule has 0 amide bonds. The van der Waals surface area contributed by atoms with Crippen molar-refractivity contribution in [2.45, 2.75) is 26.2 Å². The van der Waals surface area contributed by atoms with E-state index in [0.717, 1.165) is 38.1 Å². The number of ether oxygens (including phenoxy) is 1. The summed E-state index contributed by atoms with van der Waals surface area (Å²) in [6, 6.07) is 8.15. The van der Waals surface area contributed by atoms with Crippen molar-refractivity contribution in [3.8, 4) is 5.75 Å². The fourth-order valence-corrected chi connectivity index (χ4v) is 1.59. The van der Waals surface area contributed by atoms with Crippen molar-refractivity contribution in [3.05, 3.63) is 29.8 Å². The molecule has 19 heavy (non-hydrogen) atoms. The normalized spacial score (nSPS) is 10.7. The van der Waals surface area contributed by atoms with Gasteiger partial charge in [-0.05, 0) is 37.0 Å². The van der Waals surface area contributed by atoms with Crippen molar-refractivity contribution in [1.82, 2.24) is 5.32 Å². The minimum Gasteiger partial charge on any atom is -0.497 e. The topological polar surface area (TPSA) is 59.6 Å². The molecule has 0 unspecified atom stereocenters. The average Bonchev–Trinajstić information content (AvgIpc) is 2.42. The van der Waals surface area contributed by atoms with Crippen LogP contribution in [0.2, 0.25) is 0 Å². The van der Waals surface area contributed by atoms with Crippen LogP contribution in [-0.4, -0.2) is 26.2 Å². The maximum atomic E-state index is 5.70. The molecule has 0 heterocycles. The molecule has 3 N–H and O–H groups in total. The Hall–Kier alpha value is -0.980. The summed E-state index contributed by atoms with van der Waals surface area (Å²) in [7, 11) is 1.68. The van der Waals surface area contributed by atoms with Crippen LogP contribution in [0.3, 0.4) is 0 Å². The second kappa shape index (κ2) is 10.9. The summed E-state index contributed by atoms with van der Waals surface area (Å²) in [6.45, 7) is 3.73. The molecule has 0 saturated carbocycles. The molecule has 5 heteroatoms. The molecule has 1 aromatic rings. The van der Waals surface area contributed by atoms with Crippen LogP contribution in [0, 0.1) is 0 Å². The van der Waals surface area contributed by atoms with E-state index in [4.69, 9.17) is 10.5 Å². The molecule has 0 aliphatic heterocycles. The number of nitrogens with zero attached hydrogens (tertiary/aromatic N) is 1. The minimum absolute atomic E-state index is 0. The van der Waals surface area contributed by atoms with Crippen LogP contribution in [0.1, 0.15) is 25.3 Å². The fourth-order valence-electron chi connectivity index (χ4n) is 1.59. The van der Waals surface area contributed by atoms with E-state index in [-0.39, 0.29) is 24.0 Å². The monoisotopic (exact) mass is 377 g/mol.